The number of ether oxygens (including phenoxy) is 1. The topological polar surface area (TPSA) is 104 Å². The fourth-order valence-corrected chi connectivity index (χ4v) is 17.3. The van der Waals surface area contributed by atoms with E-state index >= 15 is 9.59 Å². The molecule has 2 aromatic rings. The maximum atomic E-state index is 15.7. The third-order valence-corrected chi connectivity index (χ3v) is 21.8. The highest BCUT2D eigenvalue weighted by Gasteiger charge is 2.78. The minimum atomic E-state index is -1.26. The summed E-state index contributed by atoms with van der Waals surface area (Å²) in [6, 6.07) is 18.2. The van der Waals surface area contributed by atoms with Crippen LogP contribution in [0.5, 0.6) is 0 Å². The van der Waals surface area contributed by atoms with E-state index in [0.29, 0.717) is 49.6 Å². The van der Waals surface area contributed by atoms with E-state index in [1.165, 1.54) is 6.42 Å². The van der Waals surface area contributed by atoms with Crippen molar-refractivity contribution in [3.63, 3.8) is 0 Å². The molecule has 62 heavy (non-hydrogen) atoms. The summed E-state index contributed by atoms with van der Waals surface area (Å²) in [6.45, 7) is 16.3. The number of fused-ring (bicyclic) bond motifs is 5. The van der Waals surface area contributed by atoms with Crippen molar-refractivity contribution in [1.29, 1.82) is 0 Å². The van der Waals surface area contributed by atoms with Gasteiger partial charge >= 0.3 is 5.97 Å². The lowest BCUT2D eigenvalue weighted by atomic mass is 9.32. The number of allylic oxidation sites excluding steroid dienone is 4. The summed E-state index contributed by atoms with van der Waals surface area (Å²) in [5.74, 6) is 1.31. The van der Waals surface area contributed by atoms with E-state index in [-0.39, 0.29) is 46.9 Å². The molecule has 7 saturated carbocycles. The van der Waals surface area contributed by atoms with Gasteiger partial charge in [0.05, 0.1) is 23.7 Å². The lowest BCUT2D eigenvalue weighted by Gasteiger charge is -2.71. The van der Waals surface area contributed by atoms with Gasteiger partial charge in [-0.2, -0.15) is 0 Å². The van der Waals surface area contributed by atoms with Gasteiger partial charge in [0.2, 0.25) is 0 Å². The summed E-state index contributed by atoms with van der Waals surface area (Å²) in [4.78, 5) is 47.0. The smallest absolute Gasteiger partial charge is 0.313 e. The molecule has 0 radical (unpaired) electrons. The summed E-state index contributed by atoms with van der Waals surface area (Å²) < 4.78 is 6.32. The number of hydrogen-bond acceptors (Lipinski definition) is 6. The molecule has 8 fully saturated rings. The third-order valence-electron chi connectivity index (χ3n) is 21.8. The molecule has 7 nitrogen and oxygen atoms in total. The van der Waals surface area contributed by atoms with Gasteiger partial charge < -0.3 is 19.8 Å². The predicted octanol–water partition coefficient (Wildman–Crippen LogP) is 10.2. The Morgan fingerprint density at radius 3 is 2.18 bits per heavy atom. The molecule has 6 bridgehead atoms. The Labute approximate surface area is 369 Å². The van der Waals surface area contributed by atoms with Crippen molar-refractivity contribution in [2.24, 2.45) is 67.5 Å². The summed E-state index contributed by atoms with van der Waals surface area (Å²) >= 11 is 0. The Balaban J connectivity index is 1.01. The molecular formula is C55H69NO6. The Kier molecular flexibility index (Phi) is 8.52. The van der Waals surface area contributed by atoms with Crippen molar-refractivity contribution in [1.82, 2.24) is 4.90 Å². The van der Waals surface area contributed by atoms with E-state index in [0.717, 1.165) is 67.6 Å². The molecule has 1 aliphatic heterocycles. The molecule has 1 amide bonds. The minimum Gasteiger partial charge on any atom is -0.448 e. The molecule has 2 N–H and O–H groups in total. The zero-order valence-corrected chi connectivity index (χ0v) is 38.3. The number of benzene rings is 2. The molecule has 330 valence electrons. The Bertz CT molecular complexity index is 2330. The van der Waals surface area contributed by atoms with Gasteiger partial charge in [-0.1, -0.05) is 114 Å². The van der Waals surface area contributed by atoms with Crippen molar-refractivity contribution in [2.45, 2.75) is 143 Å². The molecule has 11 aliphatic rings. The number of ketones is 1. The first-order valence-corrected chi connectivity index (χ1v) is 24.3. The highest BCUT2D eigenvalue weighted by molar-refractivity contribution is 6.14. The number of nitrogens with zero attached hydrogens (tertiary/aromatic N) is 1. The normalized spacial score (nSPS) is 45.9. The van der Waals surface area contributed by atoms with Gasteiger partial charge in [-0.05, 0) is 136 Å². The lowest BCUT2D eigenvalue weighted by molar-refractivity contribution is -0.190. The predicted molar refractivity (Wildman–Crippen MR) is 239 cm³/mol. The second-order valence-corrected chi connectivity index (χ2v) is 24.1. The summed E-state index contributed by atoms with van der Waals surface area (Å²) in [7, 11) is 0. The van der Waals surface area contributed by atoms with Crippen LogP contribution >= 0.6 is 0 Å². The molecule has 13 unspecified atom stereocenters. The van der Waals surface area contributed by atoms with Crippen molar-refractivity contribution in [3.05, 3.63) is 84.0 Å². The van der Waals surface area contributed by atoms with Crippen molar-refractivity contribution < 1.29 is 29.3 Å². The first-order valence-electron chi connectivity index (χ1n) is 24.3. The van der Waals surface area contributed by atoms with Crippen LogP contribution in [0.4, 0.5) is 0 Å². The molecular weight excluding hydrogens is 771 g/mol. The molecule has 1 heterocycles. The molecule has 0 aromatic heterocycles. The summed E-state index contributed by atoms with van der Waals surface area (Å²) in [5, 5.41) is 25.0. The van der Waals surface area contributed by atoms with Gasteiger partial charge in [-0.3, -0.25) is 14.4 Å². The number of esters is 1. The van der Waals surface area contributed by atoms with E-state index < -0.39 is 44.4 Å². The molecule has 7 heteroatoms. The van der Waals surface area contributed by atoms with Crippen LogP contribution in [-0.2, 0) is 14.3 Å². The first-order chi connectivity index (χ1) is 29.2. The van der Waals surface area contributed by atoms with Gasteiger partial charge in [0, 0.05) is 39.3 Å². The number of carbonyl (C=O) groups is 3. The van der Waals surface area contributed by atoms with E-state index in [2.05, 4.69) is 64.1 Å². The van der Waals surface area contributed by atoms with Crippen LogP contribution in [0, 0.1) is 67.5 Å². The standard InChI is InChI=1S/C55H69NO6/c1-47(2)36-18-17-35(40(47)29-36)32-56(45(59)55-28-25-51(7,46(60)62-55)48(55,3)4)33-53(61)24-21-43-50(53,6)23-20-42-49(5)22-19-37(57)30-52(49)26-27-54(42,43)41(31-52)44(58)39-16-12-11-15-38(39)34-13-9-8-10-14-34/h8-16,26-27,31,35-37,40,42-43,57,61H,17-25,28-30,32-33H2,1-7H3. The molecule has 2 spiro atoms. The Morgan fingerprint density at radius 2 is 1.48 bits per heavy atom. The quantitative estimate of drug-likeness (QED) is 0.156. The lowest BCUT2D eigenvalue weighted by Crippen LogP contribution is -2.68. The van der Waals surface area contributed by atoms with Crippen LogP contribution < -0.4 is 0 Å². The maximum Gasteiger partial charge on any atom is 0.313 e. The van der Waals surface area contributed by atoms with Crippen molar-refractivity contribution in [2.75, 3.05) is 13.1 Å². The van der Waals surface area contributed by atoms with E-state index in [1.807, 2.05) is 62.1 Å². The largest absolute Gasteiger partial charge is 0.448 e. The van der Waals surface area contributed by atoms with E-state index in [9.17, 15) is 15.0 Å². The fourth-order valence-electron chi connectivity index (χ4n) is 17.3. The molecule has 10 aliphatic carbocycles. The van der Waals surface area contributed by atoms with E-state index in [1.54, 1.807) is 0 Å². The molecule has 13 rings (SSSR count). The number of aliphatic hydroxyl groups is 2. The average molecular weight is 840 g/mol. The summed E-state index contributed by atoms with van der Waals surface area (Å²) in [6.07, 6.45) is 16.3. The van der Waals surface area contributed by atoms with Crippen LogP contribution in [0.25, 0.3) is 11.1 Å². The Hall–Kier alpha value is -3.55. The second-order valence-electron chi connectivity index (χ2n) is 24.1. The number of aliphatic hydroxyl groups excluding tert-OH is 1. The van der Waals surface area contributed by atoms with Crippen molar-refractivity contribution >= 4 is 17.7 Å². The van der Waals surface area contributed by atoms with E-state index in [4.69, 9.17) is 4.74 Å². The highest BCUT2D eigenvalue weighted by atomic mass is 16.6. The van der Waals surface area contributed by atoms with Crippen LogP contribution in [-0.4, -0.2) is 63.2 Å². The van der Waals surface area contributed by atoms with Crippen LogP contribution in [0.2, 0.25) is 0 Å². The van der Waals surface area contributed by atoms with Gasteiger partial charge in [0.15, 0.2) is 11.4 Å². The zero-order valence-electron chi connectivity index (χ0n) is 38.3. The fraction of sp³-hybridized carbons (Fsp3) is 0.655. The maximum absolute atomic E-state index is 15.7. The number of hydrogen-bond donors (Lipinski definition) is 2. The highest BCUT2D eigenvalue weighted by Crippen LogP contribution is 2.79. The second kappa shape index (κ2) is 12.8. The zero-order chi connectivity index (χ0) is 43.7. The van der Waals surface area contributed by atoms with Gasteiger partial charge in [0.25, 0.3) is 5.91 Å². The monoisotopic (exact) mass is 840 g/mol. The molecule has 13 atom stereocenters. The number of amides is 1. The van der Waals surface area contributed by atoms with Gasteiger partial charge in [-0.15, -0.1) is 0 Å². The SMILES string of the molecule is CC1(C)C2CCC(CN(CC3(O)CCC4C56C=CC7(C=C5C(=O)c5ccccc5-c5ccccc5)CC(O)CCC7(C)C6CCC43C)C(=O)C34CCC(C)(C(=O)O3)C4(C)C)C1C2. The first kappa shape index (κ1) is 41.2. The number of Topliss-reactive ketones (excluding diaryl/α,β-unsaturated/α-hetero) is 1. The molecule has 2 aromatic carbocycles. The Morgan fingerprint density at radius 1 is 0.790 bits per heavy atom. The number of carbonyl (C=O) groups excluding carboxylic acids is 3. The third kappa shape index (κ3) is 4.79. The van der Waals surface area contributed by atoms with Crippen molar-refractivity contribution in [3.8, 4) is 11.1 Å². The van der Waals surface area contributed by atoms with Gasteiger partial charge in [0.1, 0.15) is 0 Å². The molecule has 1 saturated heterocycles. The summed E-state index contributed by atoms with van der Waals surface area (Å²) in [5.41, 5.74) is -2.10. The number of rotatable bonds is 8. The van der Waals surface area contributed by atoms with Gasteiger partial charge in [-0.25, -0.2) is 0 Å². The minimum absolute atomic E-state index is 0.0455. The average Bonchev–Trinajstić information content (AvgIpc) is 3.70. The van der Waals surface area contributed by atoms with Crippen LogP contribution in [0.15, 0.2) is 78.4 Å². The van der Waals surface area contributed by atoms with Crippen LogP contribution in [0.1, 0.15) is 136 Å². The van der Waals surface area contributed by atoms with Crippen LogP contribution in [0.3, 0.4) is 0 Å².